The number of nitrogens with one attached hydrogen (secondary N) is 1. The van der Waals surface area contributed by atoms with Crippen LogP contribution in [0.25, 0.3) is 33.4 Å². The third kappa shape index (κ3) is 5.34. The third-order valence-corrected chi connectivity index (χ3v) is 5.27. The van der Waals surface area contributed by atoms with E-state index in [1.165, 1.54) is 0 Å². The lowest BCUT2D eigenvalue weighted by Gasteiger charge is -2.07. The van der Waals surface area contributed by atoms with Crippen molar-refractivity contribution in [2.75, 3.05) is 24.7 Å². The Kier molecular flexibility index (Phi) is 7.50. The van der Waals surface area contributed by atoms with Gasteiger partial charge in [0.25, 0.3) is 0 Å². The molecule has 2 aromatic carbocycles. The number of nitrogens with two attached hydrogens (primary N) is 1. The standard InChI is InChI=1S/C19H15ClN4O.C5H12O/c1-22-18-16(17(20)23-19(21)24-18)15-10-13-9-12(7-8-14(13)25-15)11-5-3-2-4-6-11;1-3-5(2)4-6/h2-10H,1H3,(H3,21,22,23,24);5-6H,3-4H2,1-2H3. The number of aliphatic hydroxyl groups excluding tert-OH is 1. The van der Waals surface area contributed by atoms with Crippen molar-refractivity contribution >= 4 is 34.3 Å². The number of hydrogen-bond acceptors (Lipinski definition) is 6. The van der Waals surface area contributed by atoms with Crippen LogP contribution < -0.4 is 11.1 Å². The minimum Gasteiger partial charge on any atom is -0.456 e. The van der Waals surface area contributed by atoms with Crippen LogP contribution in [0, 0.1) is 5.92 Å². The van der Waals surface area contributed by atoms with Crippen molar-refractivity contribution in [3.05, 3.63) is 59.8 Å². The third-order valence-electron chi connectivity index (χ3n) is 5.00. The molecule has 4 aromatic rings. The first-order valence-electron chi connectivity index (χ1n) is 10.2. The summed E-state index contributed by atoms with van der Waals surface area (Å²) >= 11 is 6.27. The zero-order chi connectivity index (χ0) is 22.4. The monoisotopic (exact) mass is 438 g/mol. The molecule has 1 unspecified atom stereocenters. The molecule has 0 spiro atoms. The van der Waals surface area contributed by atoms with Gasteiger partial charge in [0.05, 0.1) is 5.56 Å². The molecule has 162 valence electrons. The maximum atomic E-state index is 8.33. The first kappa shape index (κ1) is 22.6. The van der Waals surface area contributed by atoms with Crippen LogP contribution >= 0.6 is 11.6 Å². The molecule has 2 aromatic heterocycles. The topological polar surface area (TPSA) is 97.2 Å². The second kappa shape index (κ2) is 10.3. The molecule has 0 aliphatic heterocycles. The molecule has 0 aliphatic carbocycles. The molecule has 2 heterocycles. The molecule has 0 radical (unpaired) electrons. The van der Waals surface area contributed by atoms with Gasteiger partial charge in [-0.05, 0) is 35.2 Å². The lowest BCUT2D eigenvalue weighted by atomic mass is 10.0. The van der Waals surface area contributed by atoms with Gasteiger partial charge < -0.3 is 20.6 Å². The number of aromatic nitrogens is 2. The second-order valence-corrected chi connectivity index (χ2v) is 7.63. The fraction of sp³-hybridized carbons (Fsp3) is 0.250. The predicted molar refractivity (Wildman–Crippen MR) is 128 cm³/mol. The number of aliphatic hydroxyl groups is 1. The van der Waals surface area contributed by atoms with Crippen LogP contribution in [0.5, 0.6) is 0 Å². The highest BCUT2D eigenvalue weighted by atomic mass is 35.5. The van der Waals surface area contributed by atoms with Gasteiger partial charge in [0.1, 0.15) is 22.3 Å². The van der Waals surface area contributed by atoms with E-state index in [4.69, 9.17) is 26.9 Å². The van der Waals surface area contributed by atoms with E-state index in [1.54, 1.807) is 7.05 Å². The molecule has 0 fully saturated rings. The number of rotatable bonds is 5. The fourth-order valence-corrected chi connectivity index (χ4v) is 3.22. The van der Waals surface area contributed by atoms with Gasteiger partial charge >= 0.3 is 0 Å². The maximum Gasteiger partial charge on any atom is 0.223 e. The zero-order valence-electron chi connectivity index (χ0n) is 17.9. The number of halogens is 1. The van der Waals surface area contributed by atoms with Gasteiger partial charge in [-0.3, -0.25) is 0 Å². The maximum absolute atomic E-state index is 8.33. The van der Waals surface area contributed by atoms with E-state index >= 15 is 0 Å². The number of anilines is 2. The van der Waals surface area contributed by atoms with Crippen LogP contribution in [-0.2, 0) is 0 Å². The molecule has 6 nitrogen and oxygen atoms in total. The number of nitrogens with zero attached hydrogens (tertiary/aromatic N) is 2. The van der Waals surface area contributed by atoms with Gasteiger partial charge in [0.2, 0.25) is 5.95 Å². The molecule has 0 bridgehead atoms. The first-order chi connectivity index (χ1) is 15.0. The second-order valence-electron chi connectivity index (χ2n) is 7.27. The number of hydrogen-bond donors (Lipinski definition) is 3. The Balaban J connectivity index is 0.000000401. The summed E-state index contributed by atoms with van der Waals surface area (Å²) in [6, 6.07) is 18.2. The van der Waals surface area contributed by atoms with Crippen LogP contribution in [0.2, 0.25) is 5.15 Å². The summed E-state index contributed by atoms with van der Waals surface area (Å²) in [7, 11) is 1.75. The van der Waals surface area contributed by atoms with E-state index in [-0.39, 0.29) is 11.1 Å². The van der Waals surface area contributed by atoms with E-state index in [0.29, 0.717) is 29.7 Å². The molecule has 1 atom stereocenters. The summed E-state index contributed by atoms with van der Waals surface area (Å²) in [4.78, 5) is 8.20. The summed E-state index contributed by atoms with van der Waals surface area (Å²) in [5, 5.41) is 12.5. The minimum absolute atomic E-state index is 0.112. The van der Waals surface area contributed by atoms with Gasteiger partial charge in [0.15, 0.2) is 0 Å². The van der Waals surface area contributed by atoms with Gasteiger partial charge in [0, 0.05) is 19.0 Å². The van der Waals surface area contributed by atoms with Gasteiger partial charge in [-0.15, -0.1) is 0 Å². The molecule has 0 saturated heterocycles. The Morgan fingerprint density at radius 3 is 2.45 bits per heavy atom. The van der Waals surface area contributed by atoms with Crippen LogP contribution in [0.15, 0.2) is 59.0 Å². The van der Waals surface area contributed by atoms with Crippen molar-refractivity contribution in [3.63, 3.8) is 0 Å². The van der Waals surface area contributed by atoms with Crippen molar-refractivity contribution in [3.8, 4) is 22.5 Å². The summed E-state index contributed by atoms with van der Waals surface area (Å²) in [6.07, 6.45) is 1.08. The number of benzene rings is 2. The number of furan rings is 1. The van der Waals surface area contributed by atoms with E-state index in [0.717, 1.165) is 28.5 Å². The Morgan fingerprint density at radius 2 is 1.84 bits per heavy atom. The molecular weight excluding hydrogens is 412 g/mol. The van der Waals surface area contributed by atoms with Gasteiger partial charge in [-0.2, -0.15) is 4.98 Å². The SMILES string of the molecule is CCC(C)CO.CNc1nc(N)nc(Cl)c1-c1cc2cc(-c3ccccc3)ccc2o1. The van der Waals surface area contributed by atoms with E-state index in [9.17, 15) is 0 Å². The average Bonchev–Trinajstić information content (AvgIpc) is 3.21. The van der Waals surface area contributed by atoms with E-state index in [1.807, 2.05) is 43.3 Å². The largest absolute Gasteiger partial charge is 0.456 e. The lowest BCUT2D eigenvalue weighted by Crippen LogP contribution is -2.02. The molecule has 0 aliphatic rings. The number of fused-ring (bicyclic) bond motifs is 1. The summed E-state index contributed by atoms with van der Waals surface area (Å²) in [5.41, 5.74) is 9.29. The van der Waals surface area contributed by atoms with Crippen molar-refractivity contribution in [1.82, 2.24) is 9.97 Å². The summed E-state index contributed by atoms with van der Waals surface area (Å²) in [5.74, 6) is 1.72. The van der Waals surface area contributed by atoms with Crippen LogP contribution in [-0.4, -0.2) is 28.7 Å². The van der Waals surface area contributed by atoms with E-state index in [2.05, 4.69) is 40.4 Å². The molecule has 0 amide bonds. The number of nitrogen functional groups attached to an aromatic ring is 1. The summed E-state index contributed by atoms with van der Waals surface area (Å²) < 4.78 is 5.96. The Hall–Kier alpha value is -3.09. The molecule has 31 heavy (non-hydrogen) atoms. The summed E-state index contributed by atoms with van der Waals surface area (Å²) in [6.45, 7) is 4.43. The first-order valence-corrected chi connectivity index (χ1v) is 10.6. The van der Waals surface area contributed by atoms with Gasteiger partial charge in [-0.1, -0.05) is 68.3 Å². The Bertz CT molecular complexity index is 1140. The molecule has 4 rings (SSSR count). The Morgan fingerprint density at radius 1 is 1.10 bits per heavy atom. The highest BCUT2D eigenvalue weighted by molar-refractivity contribution is 6.32. The highest BCUT2D eigenvalue weighted by Crippen LogP contribution is 2.37. The van der Waals surface area contributed by atoms with Crippen molar-refractivity contribution in [1.29, 1.82) is 0 Å². The highest BCUT2D eigenvalue weighted by Gasteiger charge is 2.17. The van der Waals surface area contributed by atoms with Crippen molar-refractivity contribution < 1.29 is 9.52 Å². The van der Waals surface area contributed by atoms with Crippen LogP contribution in [0.1, 0.15) is 20.3 Å². The smallest absolute Gasteiger partial charge is 0.223 e. The molecule has 7 heteroatoms. The van der Waals surface area contributed by atoms with E-state index < -0.39 is 0 Å². The van der Waals surface area contributed by atoms with Crippen LogP contribution in [0.4, 0.5) is 11.8 Å². The average molecular weight is 439 g/mol. The normalized spacial score (nSPS) is 11.6. The van der Waals surface area contributed by atoms with Gasteiger partial charge in [-0.25, -0.2) is 4.98 Å². The minimum atomic E-state index is 0.112. The van der Waals surface area contributed by atoms with Crippen molar-refractivity contribution in [2.24, 2.45) is 5.92 Å². The molecular formula is C24H27ClN4O2. The zero-order valence-corrected chi connectivity index (χ0v) is 18.6. The quantitative estimate of drug-likeness (QED) is 0.338. The van der Waals surface area contributed by atoms with Crippen LogP contribution in [0.3, 0.4) is 0 Å². The van der Waals surface area contributed by atoms with Crippen molar-refractivity contribution in [2.45, 2.75) is 20.3 Å². The molecule has 4 N–H and O–H groups in total. The Labute approximate surface area is 187 Å². The fourth-order valence-electron chi connectivity index (χ4n) is 2.95. The predicted octanol–water partition coefficient (Wildman–Crippen LogP) is 5.86. The lowest BCUT2D eigenvalue weighted by molar-refractivity contribution is 0.234. The molecule has 0 saturated carbocycles.